The molecule has 1 aliphatic heterocycles. The van der Waals surface area contributed by atoms with Gasteiger partial charge in [-0.25, -0.2) is 20.4 Å². The van der Waals surface area contributed by atoms with Gasteiger partial charge in [0.15, 0.2) is 0 Å². The summed E-state index contributed by atoms with van der Waals surface area (Å²) in [6.07, 6.45) is 0. The van der Waals surface area contributed by atoms with E-state index in [0.29, 0.717) is 5.95 Å². The number of aliphatic hydroxyl groups is 1. The molecule has 0 saturated carbocycles. The van der Waals surface area contributed by atoms with Crippen LogP contribution in [0.1, 0.15) is 28.6 Å². The molecule has 2 heterocycles. The molecule has 2 N–H and O–H groups in total. The smallest absolute Gasteiger partial charge is 0.247 e. The van der Waals surface area contributed by atoms with Crippen molar-refractivity contribution in [3.8, 4) is 6.07 Å². The summed E-state index contributed by atoms with van der Waals surface area (Å²) in [6.45, 7) is 5.72. The van der Waals surface area contributed by atoms with E-state index in [1.165, 1.54) is 5.01 Å². The number of benzene rings is 1. The first kappa shape index (κ1) is 15.0. The minimum absolute atomic E-state index is 0.164. The number of hydrogen-bond acceptors (Lipinski definition) is 6. The maximum absolute atomic E-state index is 10.4. The van der Waals surface area contributed by atoms with Crippen molar-refractivity contribution in [1.82, 2.24) is 15.4 Å². The second kappa shape index (κ2) is 5.71. The van der Waals surface area contributed by atoms with Gasteiger partial charge in [0.05, 0.1) is 6.04 Å². The van der Waals surface area contributed by atoms with Crippen molar-refractivity contribution in [2.75, 3.05) is 5.01 Å². The molecule has 1 atom stereocenters. The van der Waals surface area contributed by atoms with E-state index in [1.807, 2.05) is 51.1 Å². The number of aliphatic hydroxyl groups excluding tert-OH is 1. The lowest BCUT2D eigenvalue weighted by molar-refractivity contribution is 0.385. The van der Waals surface area contributed by atoms with Gasteiger partial charge in [-0.2, -0.15) is 5.26 Å². The van der Waals surface area contributed by atoms with Gasteiger partial charge in [0.25, 0.3) is 0 Å². The maximum Gasteiger partial charge on any atom is 0.247 e. The highest BCUT2D eigenvalue weighted by Gasteiger charge is 2.35. The Kier molecular flexibility index (Phi) is 3.72. The van der Waals surface area contributed by atoms with Gasteiger partial charge in [0.2, 0.25) is 11.8 Å². The number of nitriles is 1. The molecular formula is C17H17N5O. The van der Waals surface area contributed by atoms with Gasteiger partial charge >= 0.3 is 0 Å². The summed E-state index contributed by atoms with van der Waals surface area (Å²) in [5, 5.41) is 21.2. The van der Waals surface area contributed by atoms with Gasteiger partial charge in [-0.3, -0.25) is 0 Å². The molecule has 1 aromatic heterocycles. The zero-order valence-corrected chi connectivity index (χ0v) is 13.2. The van der Waals surface area contributed by atoms with Crippen LogP contribution in [0.5, 0.6) is 0 Å². The molecule has 0 unspecified atom stereocenters. The minimum Gasteiger partial charge on any atom is -0.493 e. The van der Waals surface area contributed by atoms with Crippen LogP contribution in [0.25, 0.3) is 0 Å². The van der Waals surface area contributed by atoms with Crippen LogP contribution in [0.15, 0.2) is 41.8 Å². The van der Waals surface area contributed by atoms with Crippen LogP contribution in [-0.2, 0) is 0 Å². The van der Waals surface area contributed by atoms with E-state index >= 15 is 0 Å². The molecular weight excluding hydrogens is 290 g/mol. The van der Waals surface area contributed by atoms with Crippen molar-refractivity contribution < 1.29 is 5.11 Å². The predicted molar refractivity (Wildman–Crippen MR) is 86.3 cm³/mol. The summed E-state index contributed by atoms with van der Waals surface area (Å²) in [5.74, 6) is 0.158. The lowest BCUT2D eigenvalue weighted by Gasteiger charge is -2.19. The standard InChI is InChI=1S/C17H17N5O/c1-10-4-6-13(7-5-10)15-14(9-18)16(23)22(21-15)17-19-11(2)8-12(3)20-17/h4-8,15,21,23H,1-3H3/t15-/m1/s1. The van der Waals surface area contributed by atoms with Gasteiger partial charge < -0.3 is 5.11 Å². The molecule has 1 aromatic carbocycles. The van der Waals surface area contributed by atoms with Crippen molar-refractivity contribution >= 4 is 5.95 Å². The third-order valence-electron chi connectivity index (χ3n) is 3.70. The van der Waals surface area contributed by atoms with Gasteiger partial charge in [-0.15, -0.1) is 0 Å². The molecule has 0 spiro atoms. The SMILES string of the molecule is Cc1ccc([C@H]2NN(c3nc(C)cc(C)n3)C(O)=C2C#N)cc1. The van der Waals surface area contributed by atoms with Crippen LogP contribution in [0.4, 0.5) is 5.95 Å². The summed E-state index contributed by atoms with van der Waals surface area (Å²) < 4.78 is 0. The number of rotatable bonds is 2. The number of anilines is 1. The van der Waals surface area contributed by atoms with E-state index in [4.69, 9.17) is 0 Å². The summed E-state index contributed by atoms with van der Waals surface area (Å²) in [4.78, 5) is 8.65. The van der Waals surface area contributed by atoms with E-state index in [9.17, 15) is 10.4 Å². The summed E-state index contributed by atoms with van der Waals surface area (Å²) in [7, 11) is 0. The fourth-order valence-electron chi connectivity index (χ4n) is 2.58. The summed E-state index contributed by atoms with van der Waals surface area (Å²) in [5.41, 5.74) is 6.97. The Morgan fingerprint density at radius 1 is 1.13 bits per heavy atom. The monoisotopic (exact) mass is 307 g/mol. The zero-order valence-electron chi connectivity index (χ0n) is 13.2. The molecule has 6 nitrogen and oxygen atoms in total. The van der Waals surface area contributed by atoms with Crippen LogP contribution in [-0.4, -0.2) is 15.1 Å². The van der Waals surface area contributed by atoms with Crippen molar-refractivity contribution in [3.63, 3.8) is 0 Å². The van der Waals surface area contributed by atoms with Crippen LogP contribution in [0, 0.1) is 32.1 Å². The third kappa shape index (κ3) is 2.74. The number of nitrogens with one attached hydrogen (secondary N) is 1. The molecule has 0 aliphatic carbocycles. The van der Waals surface area contributed by atoms with Gasteiger partial charge in [-0.1, -0.05) is 29.8 Å². The number of aryl methyl sites for hydroxylation is 3. The Labute approximate surface area is 134 Å². The largest absolute Gasteiger partial charge is 0.493 e. The number of nitrogens with zero attached hydrogens (tertiary/aromatic N) is 4. The first-order chi connectivity index (χ1) is 11.0. The molecule has 0 bridgehead atoms. The second-order valence-corrected chi connectivity index (χ2v) is 5.61. The van der Waals surface area contributed by atoms with Crippen molar-refractivity contribution in [2.45, 2.75) is 26.8 Å². The quantitative estimate of drug-likeness (QED) is 0.887. The lowest BCUT2D eigenvalue weighted by Crippen LogP contribution is -2.35. The van der Waals surface area contributed by atoms with E-state index in [0.717, 1.165) is 22.5 Å². The van der Waals surface area contributed by atoms with Crippen LogP contribution in [0.3, 0.4) is 0 Å². The van der Waals surface area contributed by atoms with Crippen LogP contribution < -0.4 is 10.4 Å². The Hall–Kier alpha value is -2.91. The number of aromatic nitrogens is 2. The Morgan fingerprint density at radius 3 is 2.30 bits per heavy atom. The van der Waals surface area contributed by atoms with Crippen molar-refractivity contribution in [1.29, 1.82) is 5.26 Å². The predicted octanol–water partition coefficient (Wildman–Crippen LogP) is 2.76. The Bertz CT molecular complexity index is 800. The zero-order chi connectivity index (χ0) is 16.6. The van der Waals surface area contributed by atoms with E-state index < -0.39 is 6.04 Å². The molecule has 116 valence electrons. The summed E-state index contributed by atoms with van der Waals surface area (Å²) in [6, 6.07) is 11.3. The number of hydrazine groups is 1. The first-order valence-corrected chi connectivity index (χ1v) is 7.28. The Balaban J connectivity index is 2.01. The van der Waals surface area contributed by atoms with Gasteiger partial charge in [-0.05, 0) is 32.4 Å². The Morgan fingerprint density at radius 2 is 1.74 bits per heavy atom. The molecule has 0 saturated heterocycles. The fraction of sp³-hybridized carbons (Fsp3) is 0.235. The van der Waals surface area contributed by atoms with Crippen LogP contribution >= 0.6 is 0 Å². The lowest BCUT2D eigenvalue weighted by atomic mass is 10.0. The molecule has 1 aliphatic rings. The van der Waals surface area contributed by atoms with E-state index in [1.54, 1.807) is 0 Å². The molecule has 0 amide bonds. The molecule has 0 fully saturated rings. The second-order valence-electron chi connectivity index (χ2n) is 5.61. The molecule has 0 radical (unpaired) electrons. The van der Waals surface area contributed by atoms with Crippen LogP contribution in [0.2, 0.25) is 0 Å². The maximum atomic E-state index is 10.4. The number of hydrogen-bond donors (Lipinski definition) is 2. The first-order valence-electron chi connectivity index (χ1n) is 7.28. The summed E-state index contributed by atoms with van der Waals surface area (Å²) >= 11 is 0. The fourth-order valence-corrected chi connectivity index (χ4v) is 2.58. The normalized spacial score (nSPS) is 17.5. The third-order valence-corrected chi connectivity index (χ3v) is 3.70. The average Bonchev–Trinajstić information content (AvgIpc) is 2.84. The molecule has 2 aromatic rings. The van der Waals surface area contributed by atoms with Gasteiger partial charge in [0, 0.05) is 11.4 Å². The van der Waals surface area contributed by atoms with E-state index in [-0.39, 0.29) is 11.5 Å². The van der Waals surface area contributed by atoms with Crippen molar-refractivity contribution in [2.24, 2.45) is 0 Å². The molecule has 6 heteroatoms. The highest BCUT2D eigenvalue weighted by Crippen LogP contribution is 2.32. The van der Waals surface area contributed by atoms with Gasteiger partial charge in [0.1, 0.15) is 11.6 Å². The average molecular weight is 307 g/mol. The highest BCUT2D eigenvalue weighted by atomic mass is 16.3. The minimum atomic E-state index is -0.426. The van der Waals surface area contributed by atoms with E-state index in [2.05, 4.69) is 21.5 Å². The molecule has 23 heavy (non-hydrogen) atoms. The topological polar surface area (TPSA) is 85.1 Å². The van der Waals surface area contributed by atoms with Crippen molar-refractivity contribution in [3.05, 3.63) is 64.3 Å². The molecule has 3 rings (SSSR count). The highest BCUT2D eigenvalue weighted by molar-refractivity contribution is 5.51.